The van der Waals surface area contributed by atoms with Gasteiger partial charge in [0.25, 0.3) is 0 Å². The molecule has 17 heavy (non-hydrogen) atoms. The SMILES string of the molecule is C=CCc1cc(CCCN)cc(OCC)c1O. The summed E-state index contributed by atoms with van der Waals surface area (Å²) < 4.78 is 5.43. The van der Waals surface area contributed by atoms with Gasteiger partial charge in [-0.1, -0.05) is 12.1 Å². The lowest BCUT2D eigenvalue weighted by molar-refractivity contribution is 0.316. The van der Waals surface area contributed by atoms with Crippen LogP contribution >= 0.6 is 0 Å². The van der Waals surface area contributed by atoms with Gasteiger partial charge >= 0.3 is 0 Å². The van der Waals surface area contributed by atoms with E-state index in [2.05, 4.69) is 6.58 Å². The Kier molecular flexibility index (Phi) is 5.57. The molecule has 3 heteroatoms. The van der Waals surface area contributed by atoms with Gasteiger partial charge < -0.3 is 15.6 Å². The third-order valence-corrected chi connectivity index (χ3v) is 2.55. The number of phenols is 1. The summed E-state index contributed by atoms with van der Waals surface area (Å²) in [6.45, 7) is 6.81. The maximum Gasteiger partial charge on any atom is 0.161 e. The van der Waals surface area contributed by atoms with Gasteiger partial charge in [0.1, 0.15) is 0 Å². The molecule has 94 valence electrons. The lowest BCUT2D eigenvalue weighted by Crippen LogP contribution is -2.02. The van der Waals surface area contributed by atoms with E-state index in [9.17, 15) is 5.11 Å². The number of hydrogen-bond acceptors (Lipinski definition) is 3. The van der Waals surface area contributed by atoms with E-state index in [0.717, 1.165) is 24.0 Å². The van der Waals surface area contributed by atoms with E-state index < -0.39 is 0 Å². The van der Waals surface area contributed by atoms with Crippen molar-refractivity contribution in [2.45, 2.75) is 26.2 Å². The predicted octanol–water partition coefficient (Wildman–Crippen LogP) is 2.41. The van der Waals surface area contributed by atoms with E-state index in [4.69, 9.17) is 10.5 Å². The van der Waals surface area contributed by atoms with Gasteiger partial charge in [0, 0.05) is 5.56 Å². The van der Waals surface area contributed by atoms with Crippen LogP contribution in [-0.2, 0) is 12.8 Å². The molecular weight excluding hydrogens is 214 g/mol. The number of aryl methyl sites for hydroxylation is 1. The third kappa shape index (κ3) is 3.79. The summed E-state index contributed by atoms with van der Waals surface area (Å²) in [5, 5.41) is 10.0. The minimum Gasteiger partial charge on any atom is -0.504 e. The first-order chi connectivity index (χ1) is 8.22. The molecule has 1 aromatic carbocycles. The zero-order valence-electron chi connectivity index (χ0n) is 10.4. The highest BCUT2D eigenvalue weighted by Crippen LogP contribution is 2.32. The molecule has 0 heterocycles. The largest absolute Gasteiger partial charge is 0.504 e. The van der Waals surface area contributed by atoms with Gasteiger partial charge in [0.15, 0.2) is 11.5 Å². The summed E-state index contributed by atoms with van der Waals surface area (Å²) in [6.07, 6.45) is 4.25. The Bertz CT molecular complexity index is 375. The molecule has 0 aliphatic heterocycles. The van der Waals surface area contributed by atoms with Gasteiger partial charge in [-0.05, 0) is 44.4 Å². The number of ether oxygens (including phenoxy) is 1. The van der Waals surface area contributed by atoms with Crippen LogP contribution in [0.25, 0.3) is 0 Å². The predicted molar refractivity (Wildman–Crippen MR) is 70.6 cm³/mol. The molecule has 0 aliphatic rings. The van der Waals surface area contributed by atoms with Crippen molar-refractivity contribution in [1.82, 2.24) is 0 Å². The van der Waals surface area contributed by atoms with Gasteiger partial charge in [-0.15, -0.1) is 6.58 Å². The van der Waals surface area contributed by atoms with Crippen molar-refractivity contribution >= 4 is 0 Å². The molecule has 0 bridgehead atoms. The van der Waals surface area contributed by atoms with Crippen molar-refractivity contribution in [3.05, 3.63) is 35.9 Å². The standard InChI is InChI=1S/C14H21NO2/c1-3-6-12-9-11(7-5-8-15)10-13(14(12)16)17-4-2/h3,9-10,16H,1,4-8,15H2,2H3. The maximum atomic E-state index is 10.0. The highest BCUT2D eigenvalue weighted by molar-refractivity contribution is 5.49. The summed E-state index contributed by atoms with van der Waals surface area (Å²) in [6, 6.07) is 3.89. The van der Waals surface area contributed by atoms with Gasteiger partial charge in [0.05, 0.1) is 6.61 Å². The van der Waals surface area contributed by atoms with Crippen LogP contribution in [0.5, 0.6) is 11.5 Å². The van der Waals surface area contributed by atoms with Crippen LogP contribution in [0, 0.1) is 0 Å². The first-order valence-electron chi connectivity index (χ1n) is 6.01. The van der Waals surface area contributed by atoms with Gasteiger partial charge in [0.2, 0.25) is 0 Å². The normalized spacial score (nSPS) is 10.2. The van der Waals surface area contributed by atoms with E-state index in [0.29, 0.717) is 25.3 Å². The maximum absolute atomic E-state index is 10.0. The van der Waals surface area contributed by atoms with Gasteiger partial charge in [-0.3, -0.25) is 0 Å². The third-order valence-electron chi connectivity index (χ3n) is 2.55. The Hall–Kier alpha value is -1.48. The molecule has 1 aromatic rings. The molecular formula is C14H21NO2. The van der Waals surface area contributed by atoms with Crippen molar-refractivity contribution in [3.63, 3.8) is 0 Å². The number of aromatic hydroxyl groups is 1. The molecule has 0 saturated carbocycles. The van der Waals surface area contributed by atoms with Crippen LogP contribution in [0.1, 0.15) is 24.5 Å². The van der Waals surface area contributed by atoms with Crippen molar-refractivity contribution in [2.75, 3.05) is 13.2 Å². The average molecular weight is 235 g/mol. The second-order valence-electron chi connectivity index (χ2n) is 3.92. The summed E-state index contributed by atoms with van der Waals surface area (Å²) in [5.41, 5.74) is 7.51. The molecule has 0 spiro atoms. The Morgan fingerprint density at radius 2 is 2.24 bits per heavy atom. The lowest BCUT2D eigenvalue weighted by atomic mass is 10.0. The Labute approximate surface area is 103 Å². The highest BCUT2D eigenvalue weighted by atomic mass is 16.5. The summed E-state index contributed by atoms with van der Waals surface area (Å²) in [5.74, 6) is 0.780. The molecule has 0 radical (unpaired) electrons. The van der Waals surface area contributed by atoms with Crippen molar-refractivity contribution in [1.29, 1.82) is 0 Å². The van der Waals surface area contributed by atoms with Crippen LogP contribution in [0.4, 0.5) is 0 Å². The average Bonchev–Trinajstić information content (AvgIpc) is 2.32. The molecule has 0 saturated heterocycles. The fourth-order valence-corrected chi connectivity index (χ4v) is 1.76. The van der Waals surface area contributed by atoms with Crippen LogP contribution in [0.2, 0.25) is 0 Å². The fourth-order valence-electron chi connectivity index (χ4n) is 1.76. The number of nitrogens with two attached hydrogens (primary N) is 1. The molecule has 0 aromatic heterocycles. The van der Waals surface area contributed by atoms with Crippen LogP contribution < -0.4 is 10.5 Å². The van der Waals surface area contributed by atoms with Gasteiger partial charge in [-0.25, -0.2) is 0 Å². The number of rotatable bonds is 7. The Morgan fingerprint density at radius 3 is 2.82 bits per heavy atom. The number of allylic oxidation sites excluding steroid dienone is 1. The van der Waals surface area contributed by atoms with Crippen molar-refractivity contribution in [3.8, 4) is 11.5 Å². The highest BCUT2D eigenvalue weighted by Gasteiger charge is 2.09. The first kappa shape index (κ1) is 13.6. The molecule has 0 atom stereocenters. The Morgan fingerprint density at radius 1 is 1.47 bits per heavy atom. The minimum atomic E-state index is 0.225. The van der Waals surface area contributed by atoms with Crippen LogP contribution in [-0.4, -0.2) is 18.3 Å². The lowest BCUT2D eigenvalue weighted by Gasteiger charge is -2.12. The van der Waals surface area contributed by atoms with Crippen LogP contribution in [0.3, 0.4) is 0 Å². The second kappa shape index (κ2) is 6.97. The van der Waals surface area contributed by atoms with E-state index in [1.807, 2.05) is 19.1 Å². The molecule has 3 nitrogen and oxygen atoms in total. The summed E-state index contributed by atoms with van der Waals surface area (Å²) in [7, 11) is 0. The summed E-state index contributed by atoms with van der Waals surface area (Å²) >= 11 is 0. The molecule has 3 N–H and O–H groups in total. The first-order valence-corrected chi connectivity index (χ1v) is 6.01. The quantitative estimate of drug-likeness (QED) is 0.714. The molecule has 0 aliphatic carbocycles. The van der Waals surface area contributed by atoms with E-state index in [-0.39, 0.29) is 5.75 Å². The van der Waals surface area contributed by atoms with E-state index in [1.165, 1.54) is 0 Å². The molecule has 1 rings (SSSR count). The molecule has 0 unspecified atom stereocenters. The van der Waals surface area contributed by atoms with Crippen molar-refractivity contribution in [2.24, 2.45) is 5.73 Å². The van der Waals surface area contributed by atoms with Crippen molar-refractivity contribution < 1.29 is 9.84 Å². The monoisotopic (exact) mass is 235 g/mol. The second-order valence-corrected chi connectivity index (χ2v) is 3.92. The zero-order chi connectivity index (χ0) is 12.7. The number of benzene rings is 1. The fraction of sp³-hybridized carbons (Fsp3) is 0.429. The number of hydrogen-bond donors (Lipinski definition) is 2. The minimum absolute atomic E-state index is 0.225. The summed E-state index contributed by atoms with van der Waals surface area (Å²) in [4.78, 5) is 0. The zero-order valence-corrected chi connectivity index (χ0v) is 10.4. The Balaban J connectivity index is 3.02. The van der Waals surface area contributed by atoms with E-state index in [1.54, 1.807) is 6.08 Å². The topological polar surface area (TPSA) is 55.5 Å². The van der Waals surface area contributed by atoms with Crippen LogP contribution in [0.15, 0.2) is 24.8 Å². The number of phenolic OH excluding ortho intramolecular Hbond substituents is 1. The molecule has 0 amide bonds. The smallest absolute Gasteiger partial charge is 0.161 e. The van der Waals surface area contributed by atoms with E-state index >= 15 is 0 Å². The van der Waals surface area contributed by atoms with Gasteiger partial charge in [-0.2, -0.15) is 0 Å². The molecule has 0 fully saturated rings.